The number of hydrogen-bond donors (Lipinski definition) is 0. The van der Waals surface area contributed by atoms with E-state index in [0.29, 0.717) is 0 Å². The summed E-state index contributed by atoms with van der Waals surface area (Å²) in [7, 11) is 0. The van der Waals surface area contributed by atoms with Gasteiger partial charge in [-0.25, -0.2) is 4.98 Å². The third kappa shape index (κ3) is 2.25. The van der Waals surface area contributed by atoms with Crippen molar-refractivity contribution >= 4 is 22.9 Å². The van der Waals surface area contributed by atoms with Crippen LogP contribution < -0.4 is 0 Å². The van der Waals surface area contributed by atoms with Crippen LogP contribution in [0.5, 0.6) is 0 Å². The van der Waals surface area contributed by atoms with Crippen LogP contribution in [0.2, 0.25) is 4.47 Å². The van der Waals surface area contributed by atoms with Gasteiger partial charge in [-0.2, -0.15) is 0 Å². The molecule has 0 spiro atoms. The summed E-state index contributed by atoms with van der Waals surface area (Å²) < 4.78 is 0.732. The van der Waals surface area contributed by atoms with E-state index in [9.17, 15) is 0 Å². The molecule has 1 saturated heterocycles. The third-order valence-electron chi connectivity index (χ3n) is 4.15. The van der Waals surface area contributed by atoms with Gasteiger partial charge in [0.15, 0.2) is 4.47 Å². The first-order chi connectivity index (χ1) is 8.28. The van der Waals surface area contributed by atoms with Crippen LogP contribution in [0.4, 0.5) is 0 Å². The average Bonchev–Trinajstić information content (AvgIpc) is 2.66. The Morgan fingerprint density at radius 3 is 3.18 bits per heavy atom. The van der Waals surface area contributed by atoms with Crippen LogP contribution in [-0.2, 0) is 12.8 Å². The van der Waals surface area contributed by atoms with Gasteiger partial charge in [-0.05, 0) is 51.1 Å². The molecule has 1 aromatic heterocycles. The van der Waals surface area contributed by atoms with Gasteiger partial charge < -0.3 is 0 Å². The fourth-order valence-electron chi connectivity index (χ4n) is 3.42. The van der Waals surface area contributed by atoms with E-state index >= 15 is 0 Å². The highest BCUT2D eigenvalue weighted by molar-refractivity contribution is 7.15. The van der Waals surface area contributed by atoms with Gasteiger partial charge in [-0.15, -0.1) is 11.3 Å². The van der Waals surface area contributed by atoms with Crippen molar-refractivity contribution in [2.45, 2.75) is 45.1 Å². The molecule has 0 amide bonds. The minimum atomic E-state index is 0.732. The second-order valence-electron chi connectivity index (χ2n) is 5.25. The van der Waals surface area contributed by atoms with Crippen LogP contribution in [0.15, 0.2) is 0 Å². The molecule has 1 fully saturated rings. The van der Waals surface area contributed by atoms with Gasteiger partial charge in [0.2, 0.25) is 0 Å². The summed E-state index contributed by atoms with van der Waals surface area (Å²) in [6.07, 6.45) is 6.33. The Hall–Kier alpha value is -0.120. The van der Waals surface area contributed by atoms with Gasteiger partial charge in [-0.3, -0.25) is 4.90 Å². The van der Waals surface area contributed by atoms with Gasteiger partial charge in [0.1, 0.15) is 0 Å². The predicted molar refractivity (Wildman–Crippen MR) is 72.9 cm³/mol. The molecule has 1 aliphatic carbocycles. The molecule has 2 heterocycles. The lowest BCUT2D eigenvalue weighted by atomic mass is 9.79. The number of hydrogen-bond acceptors (Lipinski definition) is 3. The molecule has 0 radical (unpaired) electrons. The molecule has 0 unspecified atom stereocenters. The van der Waals surface area contributed by atoms with Crippen molar-refractivity contribution in [2.24, 2.45) is 5.92 Å². The van der Waals surface area contributed by atoms with Crippen LogP contribution in [0.25, 0.3) is 0 Å². The van der Waals surface area contributed by atoms with E-state index in [1.807, 2.05) is 0 Å². The number of halogens is 1. The van der Waals surface area contributed by atoms with E-state index in [4.69, 9.17) is 11.6 Å². The van der Waals surface area contributed by atoms with Gasteiger partial charge >= 0.3 is 0 Å². The first-order valence-electron chi connectivity index (χ1n) is 6.66. The second kappa shape index (κ2) is 4.87. The number of rotatable bonds is 2. The number of likely N-dealkylation sites (tertiary alicyclic amines) is 1. The maximum absolute atomic E-state index is 6.04. The first kappa shape index (κ1) is 11.9. The predicted octanol–water partition coefficient (Wildman–Crippen LogP) is 3.39. The Morgan fingerprint density at radius 1 is 1.47 bits per heavy atom. The first-order valence-corrected chi connectivity index (χ1v) is 7.85. The number of thiazole rings is 1. The van der Waals surface area contributed by atoms with E-state index in [2.05, 4.69) is 16.8 Å². The Morgan fingerprint density at radius 2 is 2.35 bits per heavy atom. The lowest BCUT2D eigenvalue weighted by Gasteiger charge is -2.43. The normalized spacial score (nSPS) is 28.8. The molecule has 17 heavy (non-hydrogen) atoms. The van der Waals surface area contributed by atoms with Crippen molar-refractivity contribution in [3.05, 3.63) is 15.0 Å². The van der Waals surface area contributed by atoms with Crippen LogP contribution in [0.3, 0.4) is 0 Å². The highest BCUT2D eigenvalue weighted by atomic mass is 35.5. The van der Waals surface area contributed by atoms with Crippen LogP contribution in [0, 0.1) is 5.92 Å². The molecular weight excluding hydrogens is 252 g/mol. The van der Waals surface area contributed by atoms with Gasteiger partial charge in [0, 0.05) is 10.9 Å². The van der Waals surface area contributed by atoms with E-state index in [1.165, 1.54) is 49.3 Å². The Bertz CT molecular complexity index is 402. The number of aromatic nitrogens is 1. The summed E-state index contributed by atoms with van der Waals surface area (Å²) in [5, 5.41) is 0. The van der Waals surface area contributed by atoms with E-state index in [0.717, 1.165) is 22.8 Å². The van der Waals surface area contributed by atoms with E-state index in [-0.39, 0.29) is 0 Å². The van der Waals surface area contributed by atoms with Gasteiger partial charge in [-0.1, -0.05) is 18.5 Å². The molecule has 2 atom stereocenters. The molecule has 1 aliphatic heterocycles. The summed E-state index contributed by atoms with van der Waals surface area (Å²) in [6.45, 7) is 4.82. The summed E-state index contributed by atoms with van der Waals surface area (Å²) in [5.74, 6) is 0.820. The largest absolute Gasteiger partial charge is 0.300 e. The molecule has 0 N–H and O–H groups in total. The zero-order chi connectivity index (χ0) is 11.8. The summed E-state index contributed by atoms with van der Waals surface area (Å²) in [4.78, 5) is 8.62. The molecule has 0 aromatic carbocycles. The van der Waals surface area contributed by atoms with E-state index in [1.54, 1.807) is 11.3 Å². The van der Waals surface area contributed by atoms with E-state index < -0.39 is 0 Å². The summed E-state index contributed by atoms with van der Waals surface area (Å²) >= 11 is 7.73. The zero-order valence-electron chi connectivity index (χ0n) is 10.3. The fraction of sp³-hybridized carbons (Fsp3) is 0.769. The second-order valence-corrected chi connectivity index (χ2v) is 6.92. The Kier molecular flexibility index (Phi) is 3.42. The highest BCUT2D eigenvalue weighted by Gasteiger charge is 2.36. The quantitative estimate of drug-likeness (QED) is 0.819. The van der Waals surface area contributed by atoms with Crippen molar-refractivity contribution in [1.82, 2.24) is 9.88 Å². The SMILES string of the molecule is CCCN1CCC[C@H]2Cc3nc(Cl)sc3C[C@@H]21. The van der Waals surface area contributed by atoms with Gasteiger partial charge in [0.25, 0.3) is 0 Å². The monoisotopic (exact) mass is 270 g/mol. The zero-order valence-corrected chi connectivity index (χ0v) is 11.9. The fourth-order valence-corrected chi connectivity index (χ4v) is 4.66. The minimum Gasteiger partial charge on any atom is -0.300 e. The van der Waals surface area contributed by atoms with Crippen molar-refractivity contribution < 1.29 is 0 Å². The smallest absolute Gasteiger partial charge is 0.184 e. The minimum absolute atomic E-state index is 0.732. The Balaban J connectivity index is 1.83. The molecule has 3 rings (SSSR count). The molecule has 4 heteroatoms. The third-order valence-corrected chi connectivity index (χ3v) is 5.37. The summed E-state index contributed by atoms with van der Waals surface area (Å²) in [6, 6.07) is 0.757. The van der Waals surface area contributed by atoms with Crippen LogP contribution in [-0.4, -0.2) is 29.0 Å². The Labute approximate surface area is 112 Å². The molecule has 2 nitrogen and oxygen atoms in total. The van der Waals surface area contributed by atoms with Crippen LogP contribution in [0.1, 0.15) is 36.8 Å². The van der Waals surface area contributed by atoms with Gasteiger partial charge in [0.05, 0.1) is 5.69 Å². The molecule has 1 aromatic rings. The topological polar surface area (TPSA) is 16.1 Å². The van der Waals surface area contributed by atoms with Crippen molar-refractivity contribution in [1.29, 1.82) is 0 Å². The van der Waals surface area contributed by atoms with Crippen molar-refractivity contribution in [3.8, 4) is 0 Å². The molecular formula is C13H19ClN2S. The maximum atomic E-state index is 6.04. The highest BCUT2D eigenvalue weighted by Crippen LogP contribution is 2.38. The van der Waals surface area contributed by atoms with Crippen LogP contribution >= 0.6 is 22.9 Å². The summed E-state index contributed by atoms with van der Waals surface area (Å²) in [5.41, 5.74) is 1.29. The molecule has 0 bridgehead atoms. The number of piperidine rings is 1. The average molecular weight is 271 g/mol. The lowest BCUT2D eigenvalue weighted by molar-refractivity contribution is 0.0857. The number of nitrogens with zero attached hydrogens (tertiary/aromatic N) is 2. The maximum Gasteiger partial charge on any atom is 0.184 e. The molecule has 0 saturated carbocycles. The van der Waals surface area contributed by atoms with Crippen molar-refractivity contribution in [2.75, 3.05) is 13.1 Å². The van der Waals surface area contributed by atoms with Crippen molar-refractivity contribution in [3.63, 3.8) is 0 Å². The lowest BCUT2D eigenvalue weighted by Crippen LogP contribution is -2.49. The number of fused-ring (bicyclic) bond motifs is 2. The molecule has 94 valence electrons. The molecule has 2 aliphatic rings. The standard InChI is InChI=1S/C13H19ClN2S/c1-2-5-16-6-3-4-9-7-10-12(8-11(9)16)17-13(14)15-10/h9,11H,2-8H2,1H3/t9-,11-/m0/s1.